The zero-order chi connectivity index (χ0) is 10.6. The van der Waals surface area contributed by atoms with Gasteiger partial charge in [0.2, 0.25) is 6.08 Å². The average Bonchev–Trinajstić information content (AvgIpc) is 2.20. The summed E-state index contributed by atoms with van der Waals surface area (Å²) in [5.74, 6) is -1.13. The van der Waals surface area contributed by atoms with Crippen LogP contribution in [0, 0.1) is 5.82 Å². The summed E-state index contributed by atoms with van der Waals surface area (Å²) in [5.41, 5.74) is 0.0440. The minimum Gasteiger partial charge on any atom is -0.355 e. The highest BCUT2D eigenvalue weighted by atomic mass is 19.1. The Labute approximate surface area is 79.5 Å². The summed E-state index contributed by atoms with van der Waals surface area (Å²) in [5, 5.41) is 2.35. The third kappa shape index (κ3) is 2.02. The Balaban J connectivity index is 3.12. The Kier molecular flexibility index (Phi) is 3.09. The number of carbonyl (C=O) groups is 1. The van der Waals surface area contributed by atoms with Gasteiger partial charge in [-0.2, -0.15) is 4.99 Å². The smallest absolute Gasteiger partial charge is 0.251 e. The number of aliphatic imine (C=N–C) groups is 1. The summed E-state index contributed by atoms with van der Waals surface area (Å²) < 4.78 is 13.1. The lowest BCUT2D eigenvalue weighted by molar-refractivity contribution is 0.0962. The van der Waals surface area contributed by atoms with Gasteiger partial charge in [-0.15, -0.1) is 0 Å². The molecule has 0 unspecified atom stereocenters. The van der Waals surface area contributed by atoms with Gasteiger partial charge in [0.25, 0.3) is 5.91 Å². The number of halogens is 1. The van der Waals surface area contributed by atoms with Crippen molar-refractivity contribution in [1.29, 1.82) is 0 Å². The first kappa shape index (κ1) is 10.1. The molecule has 0 fully saturated rings. The summed E-state index contributed by atoms with van der Waals surface area (Å²) >= 11 is 0. The van der Waals surface area contributed by atoms with Crippen molar-refractivity contribution in [3.8, 4) is 0 Å². The van der Waals surface area contributed by atoms with E-state index in [-0.39, 0.29) is 11.3 Å². The van der Waals surface area contributed by atoms with Crippen molar-refractivity contribution in [3.63, 3.8) is 0 Å². The van der Waals surface area contributed by atoms with Crippen molar-refractivity contribution < 1.29 is 14.0 Å². The molecule has 1 aromatic carbocycles. The number of rotatable bonds is 2. The van der Waals surface area contributed by atoms with Crippen LogP contribution in [0.5, 0.6) is 0 Å². The summed E-state index contributed by atoms with van der Waals surface area (Å²) in [6, 6.07) is 3.62. The summed E-state index contributed by atoms with van der Waals surface area (Å²) in [4.78, 5) is 24.0. The van der Waals surface area contributed by atoms with E-state index in [9.17, 15) is 14.0 Å². The van der Waals surface area contributed by atoms with Gasteiger partial charge in [-0.25, -0.2) is 9.18 Å². The molecule has 0 bridgehead atoms. The maximum atomic E-state index is 13.1. The highest BCUT2D eigenvalue weighted by Gasteiger charge is 2.07. The lowest BCUT2D eigenvalue weighted by Gasteiger charge is -2.00. The predicted octanol–water partition coefficient (Wildman–Crippen LogP) is 1.15. The largest absolute Gasteiger partial charge is 0.355 e. The third-order valence-corrected chi connectivity index (χ3v) is 1.60. The Morgan fingerprint density at radius 3 is 2.79 bits per heavy atom. The van der Waals surface area contributed by atoms with Crippen LogP contribution in [0.25, 0.3) is 0 Å². The zero-order valence-electron chi connectivity index (χ0n) is 7.37. The molecule has 0 saturated heterocycles. The molecule has 0 aliphatic heterocycles. The molecule has 0 heterocycles. The molecule has 1 amide bonds. The fraction of sp³-hybridized carbons (Fsp3) is 0.111. The van der Waals surface area contributed by atoms with Crippen LogP contribution >= 0.6 is 0 Å². The van der Waals surface area contributed by atoms with Crippen LogP contribution < -0.4 is 5.32 Å². The fourth-order valence-electron chi connectivity index (χ4n) is 0.932. The molecule has 4 nitrogen and oxygen atoms in total. The van der Waals surface area contributed by atoms with Gasteiger partial charge < -0.3 is 5.32 Å². The summed E-state index contributed by atoms with van der Waals surface area (Å²) in [6.07, 6.45) is 1.22. The molecule has 5 heteroatoms. The number of nitrogens with zero attached hydrogens (tertiary/aromatic N) is 1. The Morgan fingerprint density at radius 2 is 2.29 bits per heavy atom. The molecule has 1 rings (SSSR count). The van der Waals surface area contributed by atoms with E-state index in [1.807, 2.05) is 0 Å². The number of nitrogens with one attached hydrogen (secondary N) is 1. The molecule has 1 N–H and O–H groups in total. The summed E-state index contributed by atoms with van der Waals surface area (Å²) in [6.45, 7) is 0. The first-order valence-electron chi connectivity index (χ1n) is 3.78. The molecule has 1 aromatic rings. The normalized spacial score (nSPS) is 9.00. The van der Waals surface area contributed by atoms with Crippen LogP contribution in [0.4, 0.5) is 10.1 Å². The minimum atomic E-state index is -0.727. The lowest BCUT2D eigenvalue weighted by Crippen LogP contribution is -2.17. The number of benzene rings is 1. The van der Waals surface area contributed by atoms with Crippen LogP contribution in [0.2, 0.25) is 0 Å². The fourth-order valence-corrected chi connectivity index (χ4v) is 0.932. The zero-order valence-corrected chi connectivity index (χ0v) is 7.37. The van der Waals surface area contributed by atoms with Crippen LogP contribution in [0.3, 0.4) is 0 Å². The van der Waals surface area contributed by atoms with Crippen molar-refractivity contribution in [1.82, 2.24) is 5.32 Å². The molecule has 72 valence electrons. The van der Waals surface area contributed by atoms with Crippen LogP contribution in [-0.4, -0.2) is 19.0 Å². The maximum absolute atomic E-state index is 13.1. The topological polar surface area (TPSA) is 58.5 Å². The van der Waals surface area contributed by atoms with Gasteiger partial charge in [0, 0.05) is 12.6 Å². The van der Waals surface area contributed by atoms with Gasteiger partial charge in [-0.05, 0) is 18.2 Å². The van der Waals surface area contributed by atoms with Crippen molar-refractivity contribution in [2.45, 2.75) is 0 Å². The van der Waals surface area contributed by atoms with E-state index in [1.165, 1.54) is 25.3 Å². The predicted molar refractivity (Wildman–Crippen MR) is 47.6 cm³/mol. The highest BCUT2D eigenvalue weighted by Crippen LogP contribution is 2.17. The molecule has 0 aromatic heterocycles. The quantitative estimate of drug-likeness (QED) is 0.567. The number of hydrogen-bond acceptors (Lipinski definition) is 3. The third-order valence-electron chi connectivity index (χ3n) is 1.60. The minimum absolute atomic E-state index is 0.132. The van der Waals surface area contributed by atoms with Gasteiger partial charge in [0.1, 0.15) is 5.69 Å². The van der Waals surface area contributed by atoms with Crippen LogP contribution in [0.15, 0.2) is 23.2 Å². The molecule has 0 spiro atoms. The van der Waals surface area contributed by atoms with E-state index in [0.717, 1.165) is 6.07 Å². The highest BCUT2D eigenvalue weighted by molar-refractivity contribution is 5.94. The van der Waals surface area contributed by atoms with Gasteiger partial charge >= 0.3 is 0 Å². The van der Waals surface area contributed by atoms with E-state index in [0.29, 0.717) is 0 Å². The number of carbonyl (C=O) groups excluding carboxylic acids is 2. The van der Waals surface area contributed by atoms with Crippen molar-refractivity contribution in [3.05, 3.63) is 29.6 Å². The Morgan fingerprint density at radius 1 is 1.57 bits per heavy atom. The second-order valence-corrected chi connectivity index (χ2v) is 2.45. The van der Waals surface area contributed by atoms with E-state index < -0.39 is 11.7 Å². The lowest BCUT2D eigenvalue weighted by atomic mass is 10.2. The van der Waals surface area contributed by atoms with E-state index >= 15 is 0 Å². The molecule has 0 radical (unpaired) electrons. The number of amides is 1. The Bertz CT molecular complexity index is 411. The first-order chi connectivity index (χ1) is 6.69. The van der Waals surface area contributed by atoms with Crippen molar-refractivity contribution in [2.75, 3.05) is 7.05 Å². The van der Waals surface area contributed by atoms with Gasteiger partial charge in [0.05, 0.1) is 0 Å². The maximum Gasteiger partial charge on any atom is 0.251 e. The number of isocyanates is 1. The van der Waals surface area contributed by atoms with E-state index in [4.69, 9.17) is 0 Å². The monoisotopic (exact) mass is 194 g/mol. The van der Waals surface area contributed by atoms with E-state index in [1.54, 1.807) is 0 Å². The molecule has 0 atom stereocenters. The van der Waals surface area contributed by atoms with E-state index in [2.05, 4.69) is 10.3 Å². The average molecular weight is 194 g/mol. The molecule has 14 heavy (non-hydrogen) atoms. The molecule has 0 saturated carbocycles. The van der Waals surface area contributed by atoms with Crippen LogP contribution in [0.1, 0.15) is 10.4 Å². The second kappa shape index (κ2) is 4.30. The van der Waals surface area contributed by atoms with Crippen molar-refractivity contribution in [2.24, 2.45) is 4.99 Å². The number of hydrogen-bond donors (Lipinski definition) is 1. The molecule has 0 aliphatic carbocycles. The SMILES string of the molecule is CNC(=O)c1ccc(N=C=O)c(F)c1. The van der Waals surface area contributed by atoms with Crippen molar-refractivity contribution >= 4 is 17.7 Å². The van der Waals surface area contributed by atoms with Crippen LogP contribution in [-0.2, 0) is 4.79 Å². The van der Waals surface area contributed by atoms with Gasteiger partial charge in [0.15, 0.2) is 5.82 Å². The molecule has 0 aliphatic rings. The first-order valence-corrected chi connectivity index (χ1v) is 3.78. The molecular weight excluding hydrogens is 187 g/mol. The molecular formula is C9H7FN2O2. The Hall–Kier alpha value is -2.00. The van der Waals surface area contributed by atoms with Gasteiger partial charge in [-0.3, -0.25) is 4.79 Å². The summed E-state index contributed by atoms with van der Waals surface area (Å²) in [7, 11) is 1.44. The standard InChI is InChI=1S/C9H7FN2O2/c1-11-9(14)6-2-3-8(12-5-13)7(10)4-6/h2-4H,1H3,(H,11,14). The second-order valence-electron chi connectivity index (χ2n) is 2.45. The van der Waals surface area contributed by atoms with Gasteiger partial charge in [-0.1, -0.05) is 0 Å².